The Morgan fingerprint density at radius 3 is 3.27 bits per heavy atom. The molecule has 1 N–H and O–H groups in total. The number of Topliss-reactive ketones (excluding diaryl/α,β-unsaturated/α-hetero) is 1. The van der Waals surface area contributed by atoms with Crippen molar-refractivity contribution in [3.05, 3.63) is 16.6 Å². The molecule has 2 heterocycles. The average Bonchev–Trinajstić information content (AvgIpc) is 2.65. The summed E-state index contributed by atoms with van der Waals surface area (Å²) in [7, 11) is 0. The average molecular weight is 225 g/mol. The third kappa shape index (κ3) is 3.09. The lowest BCUT2D eigenvalue weighted by molar-refractivity contribution is 0.0934. The molecule has 4 nitrogen and oxygen atoms in total. The van der Waals surface area contributed by atoms with Gasteiger partial charge in [0, 0.05) is 24.7 Å². The van der Waals surface area contributed by atoms with Crippen LogP contribution in [0.2, 0.25) is 0 Å². The van der Waals surface area contributed by atoms with Crippen molar-refractivity contribution in [3.63, 3.8) is 0 Å². The molecule has 0 saturated carbocycles. The summed E-state index contributed by atoms with van der Waals surface area (Å²) >= 11 is 1.42. The lowest BCUT2D eigenvalue weighted by Crippen LogP contribution is -2.33. The van der Waals surface area contributed by atoms with Crippen molar-refractivity contribution in [2.75, 3.05) is 32.7 Å². The molecule has 5 heteroatoms. The Labute approximate surface area is 93.3 Å². The van der Waals surface area contributed by atoms with Crippen molar-refractivity contribution >= 4 is 17.1 Å². The van der Waals surface area contributed by atoms with Gasteiger partial charge in [-0.3, -0.25) is 9.69 Å². The summed E-state index contributed by atoms with van der Waals surface area (Å²) in [6.45, 7) is 4.50. The van der Waals surface area contributed by atoms with Gasteiger partial charge in [-0.15, -0.1) is 11.3 Å². The number of carbonyl (C=O) groups is 1. The number of nitrogens with zero attached hydrogens (tertiary/aromatic N) is 2. The standard InChI is InChI=1S/C10H15N3OS/c14-9(10-12-4-7-15-10)8-13-5-1-2-11-3-6-13/h4,7,11H,1-3,5-6,8H2. The molecule has 82 valence electrons. The van der Waals surface area contributed by atoms with Gasteiger partial charge in [0.15, 0.2) is 5.01 Å². The number of aromatic nitrogens is 1. The molecule has 1 aromatic rings. The number of thiazole rings is 1. The van der Waals surface area contributed by atoms with Crippen LogP contribution in [0.1, 0.15) is 16.2 Å². The van der Waals surface area contributed by atoms with E-state index >= 15 is 0 Å². The molecule has 1 fully saturated rings. The second-order valence-corrected chi connectivity index (χ2v) is 4.53. The first-order valence-electron chi connectivity index (χ1n) is 5.22. The van der Waals surface area contributed by atoms with Gasteiger partial charge < -0.3 is 5.32 Å². The van der Waals surface area contributed by atoms with E-state index in [2.05, 4.69) is 15.2 Å². The summed E-state index contributed by atoms with van der Waals surface area (Å²) in [5.41, 5.74) is 0. The molecule has 0 aliphatic carbocycles. The molecule has 0 unspecified atom stereocenters. The lowest BCUT2D eigenvalue weighted by atomic mass is 10.3. The van der Waals surface area contributed by atoms with Gasteiger partial charge in [-0.25, -0.2) is 4.98 Å². The maximum absolute atomic E-state index is 11.8. The second kappa shape index (κ2) is 5.34. The smallest absolute Gasteiger partial charge is 0.205 e. The summed E-state index contributed by atoms with van der Waals surface area (Å²) in [6, 6.07) is 0. The highest BCUT2D eigenvalue weighted by molar-refractivity contribution is 7.11. The summed E-state index contributed by atoms with van der Waals surface area (Å²) in [5.74, 6) is 0.145. The minimum Gasteiger partial charge on any atom is -0.315 e. The first-order valence-corrected chi connectivity index (χ1v) is 6.10. The number of nitrogens with one attached hydrogen (secondary N) is 1. The minimum absolute atomic E-state index is 0.145. The number of ketones is 1. The molecule has 15 heavy (non-hydrogen) atoms. The molecule has 0 atom stereocenters. The molecule has 0 bridgehead atoms. The normalized spacial score (nSPS) is 18.7. The quantitative estimate of drug-likeness (QED) is 0.766. The van der Waals surface area contributed by atoms with Crippen molar-refractivity contribution in [1.29, 1.82) is 0 Å². The predicted molar refractivity (Wildman–Crippen MR) is 60.4 cm³/mol. The van der Waals surface area contributed by atoms with E-state index in [9.17, 15) is 4.79 Å². The molecule has 1 aliphatic rings. The largest absolute Gasteiger partial charge is 0.315 e. The van der Waals surface area contributed by atoms with E-state index in [-0.39, 0.29) is 5.78 Å². The first-order chi connectivity index (χ1) is 7.36. The fourth-order valence-corrected chi connectivity index (χ4v) is 2.26. The monoisotopic (exact) mass is 225 g/mol. The molecule has 1 aromatic heterocycles. The van der Waals surface area contributed by atoms with Crippen LogP contribution in [0.4, 0.5) is 0 Å². The van der Waals surface area contributed by atoms with Gasteiger partial charge in [-0.2, -0.15) is 0 Å². The van der Waals surface area contributed by atoms with Crippen molar-refractivity contribution in [3.8, 4) is 0 Å². The predicted octanol–water partition coefficient (Wildman–Crippen LogP) is 0.621. The third-order valence-electron chi connectivity index (χ3n) is 2.47. The molecule has 2 rings (SSSR count). The van der Waals surface area contributed by atoms with Gasteiger partial charge in [0.25, 0.3) is 0 Å². The maximum atomic E-state index is 11.8. The van der Waals surface area contributed by atoms with Crippen LogP contribution in [-0.4, -0.2) is 48.4 Å². The highest BCUT2D eigenvalue weighted by Crippen LogP contribution is 2.06. The minimum atomic E-state index is 0.145. The number of rotatable bonds is 3. The van der Waals surface area contributed by atoms with Crippen LogP contribution in [-0.2, 0) is 0 Å². The van der Waals surface area contributed by atoms with Gasteiger partial charge in [-0.05, 0) is 19.5 Å². The molecule has 0 spiro atoms. The molecule has 0 radical (unpaired) electrons. The Balaban J connectivity index is 1.87. The SMILES string of the molecule is O=C(CN1CCCNCC1)c1nccs1. The topological polar surface area (TPSA) is 45.2 Å². The maximum Gasteiger partial charge on any atom is 0.205 e. The van der Waals surface area contributed by atoms with Gasteiger partial charge in [0.05, 0.1) is 6.54 Å². The fraction of sp³-hybridized carbons (Fsp3) is 0.600. The van der Waals surface area contributed by atoms with Crippen molar-refractivity contribution in [1.82, 2.24) is 15.2 Å². The van der Waals surface area contributed by atoms with E-state index in [1.807, 2.05) is 5.38 Å². The van der Waals surface area contributed by atoms with E-state index in [1.54, 1.807) is 6.20 Å². The summed E-state index contributed by atoms with van der Waals surface area (Å²) < 4.78 is 0. The summed E-state index contributed by atoms with van der Waals surface area (Å²) in [6.07, 6.45) is 2.80. The van der Waals surface area contributed by atoms with Gasteiger partial charge >= 0.3 is 0 Å². The summed E-state index contributed by atoms with van der Waals surface area (Å²) in [5, 5.41) is 5.80. The van der Waals surface area contributed by atoms with Crippen molar-refractivity contribution < 1.29 is 4.79 Å². The first kappa shape index (κ1) is 10.7. The van der Waals surface area contributed by atoms with E-state index in [0.29, 0.717) is 11.6 Å². The molecular weight excluding hydrogens is 210 g/mol. The Bertz CT molecular complexity index is 304. The second-order valence-electron chi connectivity index (χ2n) is 3.64. The lowest BCUT2D eigenvalue weighted by Gasteiger charge is -2.17. The fourth-order valence-electron chi connectivity index (χ4n) is 1.69. The zero-order valence-corrected chi connectivity index (χ0v) is 9.42. The van der Waals surface area contributed by atoms with Crippen LogP contribution in [0, 0.1) is 0 Å². The van der Waals surface area contributed by atoms with E-state index in [0.717, 1.165) is 32.6 Å². The van der Waals surface area contributed by atoms with Crippen molar-refractivity contribution in [2.45, 2.75) is 6.42 Å². The number of hydrogen-bond donors (Lipinski definition) is 1. The van der Waals surface area contributed by atoms with Crippen LogP contribution in [0.25, 0.3) is 0 Å². The van der Waals surface area contributed by atoms with Crippen molar-refractivity contribution in [2.24, 2.45) is 0 Å². The Hall–Kier alpha value is -0.780. The van der Waals surface area contributed by atoms with Gasteiger partial charge in [-0.1, -0.05) is 0 Å². The molecule has 0 aromatic carbocycles. The van der Waals surface area contributed by atoms with Gasteiger partial charge in [0.2, 0.25) is 5.78 Å². The highest BCUT2D eigenvalue weighted by Gasteiger charge is 2.15. The molecule has 0 amide bonds. The molecule has 1 saturated heterocycles. The zero-order chi connectivity index (χ0) is 10.5. The van der Waals surface area contributed by atoms with Gasteiger partial charge in [0.1, 0.15) is 0 Å². The van der Waals surface area contributed by atoms with E-state index in [4.69, 9.17) is 0 Å². The Morgan fingerprint density at radius 1 is 1.53 bits per heavy atom. The number of carbonyl (C=O) groups excluding carboxylic acids is 1. The van der Waals surface area contributed by atoms with E-state index in [1.165, 1.54) is 11.3 Å². The van der Waals surface area contributed by atoms with Crippen LogP contribution in [0.5, 0.6) is 0 Å². The third-order valence-corrected chi connectivity index (χ3v) is 3.28. The highest BCUT2D eigenvalue weighted by atomic mass is 32.1. The van der Waals surface area contributed by atoms with Crippen LogP contribution in [0.15, 0.2) is 11.6 Å². The number of hydrogen-bond acceptors (Lipinski definition) is 5. The van der Waals surface area contributed by atoms with E-state index < -0.39 is 0 Å². The molecule has 1 aliphatic heterocycles. The summed E-state index contributed by atoms with van der Waals surface area (Å²) in [4.78, 5) is 18.0. The Kier molecular flexibility index (Phi) is 3.82. The molecular formula is C10H15N3OS. The van der Waals surface area contributed by atoms with Crippen LogP contribution >= 0.6 is 11.3 Å². The van der Waals surface area contributed by atoms with Crippen LogP contribution in [0.3, 0.4) is 0 Å². The zero-order valence-electron chi connectivity index (χ0n) is 8.61. The van der Waals surface area contributed by atoms with Crippen LogP contribution < -0.4 is 5.32 Å². The Morgan fingerprint density at radius 2 is 2.47 bits per heavy atom.